The van der Waals surface area contributed by atoms with Crippen LogP contribution < -0.4 is 15.4 Å². The van der Waals surface area contributed by atoms with Crippen molar-refractivity contribution < 1.29 is 55.2 Å². The fourth-order valence-electron chi connectivity index (χ4n) is 3.16. The van der Waals surface area contributed by atoms with Gasteiger partial charge in [0.05, 0.1) is 11.1 Å². The molecule has 1 radical (unpaired) electrons. The van der Waals surface area contributed by atoms with Crippen molar-refractivity contribution in [1.29, 1.82) is 0 Å². The number of hydrogen-bond acceptors (Lipinski definition) is 7. The van der Waals surface area contributed by atoms with Gasteiger partial charge >= 0.3 is 12.4 Å². The van der Waals surface area contributed by atoms with Gasteiger partial charge in [0.15, 0.2) is 0 Å². The summed E-state index contributed by atoms with van der Waals surface area (Å²) in [6, 6.07) is 2.19. The maximum Gasteiger partial charge on any atom is 0.418 e. The summed E-state index contributed by atoms with van der Waals surface area (Å²) in [4.78, 5) is 0. The van der Waals surface area contributed by atoms with Gasteiger partial charge in [0.25, 0.3) is 0 Å². The second kappa shape index (κ2) is 10.3. The summed E-state index contributed by atoms with van der Waals surface area (Å²) in [7, 11) is -3.09. The molecule has 0 amide bonds. The summed E-state index contributed by atoms with van der Waals surface area (Å²) in [6.45, 7) is 1.31. The van der Waals surface area contributed by atoms with E-state index in [1.807, 2.05) is 0 Å². The first-order chi connectivity index (χ1) is 14.4. The molecule has 3 N–H and O–H groups in total. The van der Waals surface area contributed by atoms with E-state index in [-0.39, 0.29) is 32.3 Å². The number of benzene rings is 1. The zero-order valence-electron chi connectivity index (χ0n) is 16.0. The molecule has 0 aliphatic carbocycles. The van der Waals surface area contributed by atoms with E-state index in [0.717, 1.165) is 19.0 Å². The van der Waals surface area contributed by atoms with Gasteiger partial charge in [0, 0.05) is 55.2 Å². The molecule has 1 aromatic carbocycles. The number of nitrogens with one attached hydrogen (secondary N) is 3. The molecule has 15 heteroatoms. The first-order valence-corrected chi connectivity index (χ1v) is 10.0. The van der Waals surface area contributed by atoms with Gasteiger partial charge in [0.2, 0.25) is 0 Å². The fraction of sp³-hybridized carbons (Fsp3) is 0.412. The van der Waals surface area contributed by atoms with Crippen LogP contribution in [0.15, 0.2) is 24.3 Å². The normalized spacial score (nSPS) is 17.0. The molecule has 1 saturated heterocycles. The van der Waals surface area contributed by atoms with Gasteiger partial charge in [-0.1, -0.05) is 6.07 Å². The van der Waals surface area contributed by atoms with Crippen LogP contribution >= 0.6 is 0 Å². The van der Waals surface area contributed by atoms with Crippen molar-refractivity contribution in [3.8, 4) is 11.3 Å². The van der Waals surface area contributed by atoms with Crippen LogP contribution in [0.3, 0.4) is 0 Å². The quantitative estimate of drug-likeness (QED) is 0.334. The van der Waals surface area contributed by atoms with Gasteiger partial charge in [-0.2, -0.15) is 26.3 Å². The second-order valence-corrected chi connectivity index (χ2v) is 7.45. The van der Waals surface area contributed by atoms with Crippen LogP contribution in [-0.2, 0) is 52.1 Å². The Morgan fingerprint density at radius 3 is 2.31 bits per heavy atom. The third-order valence-electron chi connectivity index (χ3n) is 4.54. The van der Waals surface area contributed by atoms with Gasteiger partial charge < -0.3 is 23.8 Å². The number of rotatable bonds is 5. The van der Waals surface area contributed by atoms with E-state index in [2.05, 4.69) is 20.8 Å². The zero-order chi connectivity index (χ0) is 22.8. The topological polar surface area (TPSA) is 96.0 Å². The van der Waals surface area contributed by atoms with Crippen LogP contribution in [0.5, 0.6) is 0 Å². The first kappa shape index (κ1) is 26.3. The van der Waals surface area contributed by atoms with Crippen molar-refractivity contribution in [2.75, 3.05) is 23.1 Å². The molecular formula is C17H16F6N5O2ReS-. The van der Waals surface area contributed by atoms with Crippen molar-refractivity contribution in [2.24, 2.45) is 0 Å². The van der Waals surface area contributed by atoms with E-state index in [4.69, 9.17) is 0 Å². The van der Waals surface area contributed by atoms with Gasteiger partial charge in [-0.05, 0) is 37.6 Å². The molecule has 0 spiro atoms. The minimum atomic E-state index is -4.93. The molecule has 3 rings (SSSR count). The monoisotopic (exact) mass is 655 g/mol. The third kappa shape index (κ3) is 6.53. The third-order valence-corrected chi connectivity index (χ3v) is 4.93. The predicted molar refractivity (Wildman–Crippen MR) is 99.3 cm³/mol. The summed E-state index contributed by atoms with van der Waals surface area (Å²) >= 11 is 0. The van der Waals surface area contributed by atoms with Crippen LogP contribution in [0.4, 0.5) is 37.8 Å². The number of alkyl halides is 6. The number of hydrogen-bond donors (Lipinski definition) is 3. The van der Waals surface area contributed by atoms with Crippen LogP contribution in [0, 0.1) is 0 Å². The minimum Gasteiger partial charge on any atom is -0.419 e. The van der Waals surface area contributed by atoms with Gasteiger partial charge in [-0.15, -0.1) is 10.2 Å². The average molecular weight is 655 g/mol. The molecule has 1 fully saturated rings. The van der Waals surface area contributed by atoms with Gasteiger partial charge in [-0.25, -0.2) is 0 Å². The Bertz CT molecular complexity index is 1020. The molecule has 2 heterocycles. The van der Waals surface area contributed by atoms with E-state index < -0.39 is 51.3 Å². The van der Waals surface area contributed by atoms with Crippen molar-refractivity contribution in [3.05, 3.63) is 35.4 Å². The standard InChI is InChI=1S/C17H16F6N5O2S.Re/c18-16(19,20)9-3-4-11(13(6-9)28-31(29)30)15-12(17(21,22)23)7-14(26-27-15)25-10-2-1-5-24-8-10;/h3-4,6-7,10,24H,1-2,5,8H2,(H,25,26)(H,28,29,30);/q-1;/t10-;/m1./s1. The molecule has 32 heavy (non-hydrogen) atoms. The Hall–Kier alpha value is -1.95. The van der Waals surface area contributed by atoms with Crippen LogP contribution in [-0.4, -0.2) is 29.3 Å². The summed E-state index contributed by atoms with van der Waals surface area (Å²) in [6.07, 6.45) is -8.23. The predicted octanol–water partition coefficient (Wildman–Crippen LogP) is 3.98. The summed E-state index contributed by atoms with van der Waals surface area (Å²) in [5.74, 6) is -0.154. The SMILES string of the molecule is O=[S-](=O)Nc1cc(C(F)(F)F)ccc1-c1nnc(N[C@@H]2CCCNC2)cc1C(F)(F)F.[Re]. The molecule has 1 aliphatic rings. The molecule has 0 bridgehead atoms. The van der Waals surface area contributed by atoms with E-state index in [0.29, 0.717) is 31.2 Å². The largest absolute Gasteiger partial charge is 0.419 e. The summed E-state index contributed by atoms with van der Waals surface area (Å²) < 4.78 is 104. The first-order valence-electron chi connectivity index (χ1n) is 8.95. The molecule has 7 nitrogen and oxygen atoms in total. The van der Waals surface area contributed by atoms with Gasteiger partial charge in [0.1, 0.15) is 11.5 Å². The van der Waals surface area contributed by atoms with Crippen LogP contribution in [0.2, 0.25) is 0 Å². The van der Waals surface area contributed by atoms with Crippen molar-refractivity contribution in [3.63, 3.8) is 0 Å². The van der Waals surface area contributed by atoms with Gasteiger partial charge in [-0.3, -0.25) is 0 Å². The molecule has 1 atom stereocenters. The number of nitrogens with zero attached hydrogens (tertiary/aromatic N) is 2. The summed E-state index contributed by atoms with van der Waals surface area (Å²) in [5.41, 5.74) is -4.52. The molecule has 0 unspecified atom stereocenters. The maximum absolute atomic E-state index is 13.7. The maximum atomic E-state index is 13.7. The Morgan fingerprint density at radius 1 is 1.03 bits per heavy atom. The molecule has 1 aliphatic heterocycles. The number of piperidine rings is 1. The molecular weight excluding hydrogens is 638 g/mol. The molecule has 0 saturated carbocycles. The van der Waals surface area contributed by atoms with Crippen LogP contribution in [0.25, 0.3) is 11.3 Å². The molecule has 1 aromatic heterocycles. The Morgan fingerprint density at radius 2 is 1.75 bits per heavy atom. The molecule has 177 valence electrons. The average Bonchev–Trinajstić information content (AvgIpc) is 2.67. The Kier molecular flexibility index (Phi) is 8.49. The van der Waals surface area contributed by atoms with Crippen molar-refractivity contribution >= 4 is 22.4 Å². The van der Waals surface area contributed by atoms with Crippen LogP contribution in [0.1, 0.15) is 24.0 Å². The zero-order valence-corrected chi connectivity index (χ0v) is 19.5. The molecule has 2 aromatic rings. The number of halogens is 6. The van der Waals surface area contributed by atoms with E-state index in [1.165, 1.54) is 0 Å². The van der Waals surface area contributed by atoms with E-state index in [9.17, 15) is 34.8 Å². The Labute approximate surface area is 194 Å². The van der Waals surface area contributed by atoms with Crippen molar-refractivity contribution in [2.45, 2.75) is 31.2 Å². The van der Waals surface area contributed by atoms with E-state index >= 15 is 0 Å². The van der Waals surface area contributed by atoms with Crippen molar-refractivity contribution in [1.82, 2.24) is 15.5 Å². The minimum absolute atomic E-state index is 0. The number of anilines is 2. The summed E-state index contributed by atoms with van der Waals surface area (Å²) in [5, 5.41) is 13.2. The second-order valence-electron chi connectivity index (χ2n) is 6.77. The Balaban J connectivity index is 0.00000363. The van der Waals surface area contributed by atoms with E-state index in [1.54, 1.807) is 4.72 Å². The smallest absolute Gasteiger partial charge is 0.418 e. The number of aromatic nitrogens is 2. The fourth-order valence-corrected chi connectivity index (χ4v) is 3.51.